The molecule has 2 N–H and O–H groups in total. The van der Waals surface area contributed by atoms with Crippen LogP contribution in [0.1, 0.15) is 65.2 Å². The second-order valence-corrected chi connectivity index (χ2v) is 6.28. The number of amides is 1. The first-order valence-corrected chi connectivity index (χ1v) is 7.45. The molecule has 0 aromatic carbocycles. The Labute approximate surface area is 111 Å². The molecule has 1 fully saturated rings. The van der Waals surface area contributed by atoms with Gasteiger partial charge in [-0.2, -0.15) is 0 Å². The van der Waals surface area contributed by atoms with Crippen LogP contribution in [-0.4, -0.2) is 24.2 Å². The van der Waals surface area contributed by atoms with Crippen molar-refractivity contribution in [3.05, 3.63) is 0 Å². The molecule has 0 unspecified atom stereocenters. The van der Waals surface area contributed by atoms with Crippen molar-refractivity contribution in [3.8, 4) is 0 Å². The summed E-state index contributed by atoms with van der Waals surface area (Å²) in [5.74, 6) is 0.945. The normalized spacial score (nSPS) is 16.9. The predicted octanol–water partition coefficient (Wildman–Crippen LogP) is 2.87. The molecule has 0 heterocycles. The molecule has 0 spiro atoms. The molecule has 1 amide bonds. The van der Waals surface area contributed by atoms with E-state index in [1.807, 2.05) is 0 Å². The lowest BCUT2D eigenvalue weighted by molar-refractivity contribution is -0.121. The standard InChI is InChI=1S/C15H29NO2/c1-13(2)7-5-3-4-6-8-14(18)16-11-15(12-17)9-10-15/h13,17H,3-12H2,1-2H3,(H,16,18). The lowest BCUT2D eigenvalue weighted by Gasteiger charge is -2.12. The highest BCUT2D eigenvalue weighted by Crippen LogP contribution is 2.44. The molecular weight excluding hydrogens is 226 g/mol. The minimum absolute atomic E-state index is 0.0346. The average Bonchev–Trinajstić information content (AvgIpc) is 3.11. The number of hydrogen-bond acceptors (Lipinski definition) is 2. The maximum Gasteiger partial charge on any atom is 0.220 e. The Balaban J connectivity index is 1.91. The number of carbonyl (C=O) groups is 1. The van der Waals surface area contributed by atoms with Gasteiger partial charge >= 0.3 is 0 Å². The summed E-state index contributed by atoms with van der Waals surface area (Å²) in [6.07, 6.45) is 8.73. The first-order valence-electron chi connectivity index (χ1n) is 7.45. The van der Waals surface area contributed by atoms with Gasteiger partial charge < -0.3 is 10.4 Å². The molecule has 3 nitrogen and oxygen atoms in total. The van der Waals surface area contributed by atoms with E-state index in [4.69, 9.17) is 5.11 Å². The Morgan fingerprint density at radius 2 is 1.89 bits per heavy atom. The fourth-order valence-corrected chi connectivity index (χ4v) is 2.13. The molecule has 1 saturated carbocycles. The minimum atomic E-state index is 0.0346. The summed E-state index contributed by atoms with van der Waals surface area (Å²) < 4.78 is 0. The molecule has 0 aromatic heterocycles. The van der Waals surface area contributed by atoms with Gasteiger partial charge in [-0.15, -0.1) is 0 Å². The number of unbranched alkanes of at least 4 members (excludes halogenated alkanes) is 3. The number of rotatable bonds is 10. The first kappa shape index (κ1) is 15.5. The Morgan fingerprint density at radius 1 is 1.22 bits per heavy atom. The van der Waals surface area contributed by atoms with Crippen molar-refractivity contribution >= 4 is 5.91 Å². The number of hydrogen-bond donors (Lipinski definition) is 2. The molecule has 0 saturated heterocycles. The first-order chi connectivity index (χ1) is 8.58. The number of aliphatic hydroxyl groups excluding tert-OH is 1. The summed E-state index contributed by atoms with van der Waals surface area (Å²) in [5, 5.41) is 12.1. The van der Waals surface area contributed by atoms with Crippen molar-refractivity contribution in [1.82, 2.24) is 5.32 Å². The molecule has 18 heavy (non-hydrogen) atoms. The molecule has 1 aliphatic rings. The van der Waals surface area contributed by atoms with Crippen molar-refractivity contribution in [2.75, 3.05) is 13.2 Å². The predicted molar refractivity (Wildman–Crippen MR) is 74.3 cm³/mol. The van der Waals surface area contributed by atoms with Gasteiger partial charge in [-0.1, -0.05) is 39.5 Å². The molecule has 0 atom stereocenters. The highest BCUT2D eigenvalue weighted by molar-refractivity contribution is 5.75. The highest BCUT2D eigenvalue weighted by Gasteiger charge is 2.41. The second kappa shape index (κ2) is 7.78. The summed E-state index contributed by atoms with van der Waals surface area (Å²) in [4.78, 5) is 11.6. The van der Waals surface area contributed by atoms with E-state index in [1.54, 1.807) is 0 Å². The zero-order valence-corrected chi connectivity index (χ0v) is 12.0. The monoisotopic (exact) mass is 255 g/mol. The maximum atomic E-state index is 11.6. The molecular formula is C15H29NO2. The van der Waals surface area contributed by atoms with Gasteiger partial charge in [0, 0.05) is 18.4 Å². The van der Waals surface area contributed by atoms with Gasteiger partial charge in [0.05, 0.1) is 6.61 Å². The molecule has 1 aliphatic carbocycles. The lowest BCUT2D eigenvalue weighted by Crippen LogP contribution is -2.31. The summed E-state index contributed by atoms with van der Waals surface area (Å²) >= 11 is 0. The SMILES string of the molecule is CC(C)CCCCCCC(=O)NCC1(CO)CC1. The van der Waals surface area contributed by atoms with Crippen LogP contribution in [0, 0.1) is 11.3 Å². The van der Waals surface area contributed by atoms with Crippen LogP contribution < -0.4 is 5.32 Å². The molecule has 106 valence electrons. The van der Waals surface area contributed by atoms with Crippen molar-refractivity contribution < 1.29 is 9.90 Å². The highest BCUT2D eigenvalue weighted by atomic mass is 16.3. The van der Waals surface area contributed by atoms with Crippen LogP contribution in [0.5, 0.6) is 0 Å². The summed E-state index contributed by atoms with van der Waals surface area (Å²) in [7, 11) is 0. The van der Waals surface area contributed by atoms with Gasteiger partial charge in [0.25, 0.3) is 0 Å². The Morgan fingerprint density at radius 3 is 2.44 bits per heavy atom. The molecule has 3 heteroatoms. The van der Waals surface area contributed by atoms with Crippen LogP contribution in [0.15, 0.2) is 0 Å². The lowest BCUT2D eigenvalue weighted by atomic mass is 10.0. The molecule has 1 rings (SSSR count). The van der Waals surface area contributed by atoms with Gasteiger partial charge in [0.2, 0.25) is 5.91 Å². The van der Waals surface area contributed by atoms with Crippen LogP contribution in [0.2, 0.25) is 0 Å². The third-order valence-corrected chi connectivity index (χ3v) is 3.89. The topological polar surface area (TPSA) is 49.3 Å². The Hall–Kier alpha value is -0.570. The average molecular weight is 255 g/mol. The van der Waals surface area contributed by atoms with Gasteiger partial charge in [-0.25, -0.2) is 0 Å². The molecule has 0 radical (unpaired) electrons. The third kappa shape index (κ3) is 6.39. The Kier molecular flexibility index (Phi) is 6.69. The van der Waals surface area contributed by atoms with Gasteiger partial charge in [-0.3, -0.25) is 4.79 Å². The summed E-state index contributed by atoms with van der Waals surface area (Å²) in [5.41, 5.74) is 0.0346. The van der Waals surface area contributed by atoms with E-state index in [9.17, 15) is 4.79 Å². The fraction of sp³-hybridized carbons (Fsp3) is 0.933. The number of aliphatic hydroxyl groups is 1. The van der Waals surface area contributed by atoms with E-state index in [0.717, 1.165) is 31.6 Å². The van der Waals surface area contributed by atoms with Crippen molar-refractivity contribution in [1.29, 1.82) is 0 Å². The van der Waals surface area contributed by atoms with E-state index in [0.29, 0.717) is 13.0 Å². The molecule has 0 aliphatic heterocycles. The minimum Gasteiger partial charge on any atom is -0.396 e. The van der Waals surface area contributed by atoms with Crippen molar-refractivity contribution in [3.63, 3.8) is 0 Å². The van der Waals surface area contributed by atoms with Gasteiger partial charge in [0.15, 0.2) is 0 Å². The van der Waals surface area contributed by atoms with Crippen LogP contribution in [0.25, 0.3) is 0 Å². The maximum absolute atomic E-state index is 11.6. The smallest absolute Gasteiger partial charge is 0.220 e. The van der Waals surface area contributed by atoms with E-state index in [1.165, 1.54) is 19.3 Å². The van der Waals surface area contributed by atoms with Crippen molar-refractivity contribution in [2.24, 2.45) is 11.3 Å². The number of nitrogens with one attached hydrogen (secondary N) is 1. The van der Waals surface area contributed by atoms with Gasteiger partial charge in [0.1, 0.15) is 0 Å². The van der Waals surface area contributed by atoms with E-state index < -0.39 is 0 Å². The van der Waals surface area contributed by atoms with Crippen molar-refractivity contribution in [2.45, 2.75) is 65.2 Å². The van der Waals surface area contributed by atoms with E-state index >= 15 is 0 Å². The van der Waals surface area contributed by atoms with E-state index in [2.05, 4.69) is 19.2 Å². The number of carbonyl (C=O) groups excluding carboxylic acids is 1. The third-order valence-electron chi connectivity index (χ3n) is 3.89. The second-order valence-electron chi connectivity index (χ2n) is 6.28. The van der Waals surface area contributed by atoms with Gasteiger partial charge in [-0.05, 0) is 25.2 Å². The molecule has 0 bridgehead atoms. The van der Waals surface area contributed by atoms with Crippen LogP contribution >= 0.6 is 0 Å². The Bertz CT molecular complexity index is 247. The largest absolute Gasteiger partial charge is 0.396 e. The van der Waals surface area contributed by atoms with Crippen LogP contribution in [-0.2, 0) is 4.79 Å². The summed E-state index contributed by atoms with van der Waals surface area (Å²) in [6, 6.07) is 0. The zero-order chi connectivity index (χ0) is 13.4. The quantitative estimate of drug-likeness (QED) is 0.590. The summed E-state index contributed by atoms with van der Waals surface area (Å²) in [6.45, 7) is 5.38. The van der Waals surface area contributed by atoms with E-state index in [-0.39, 0.29) is 17.9 Å². The molecule has 0 aromatic rings. The van der Waals surface area contributed by atoms with Crippen LogP contribution in [0.3, 0.4) is 0 Å². The van der Waals surface area contributed by atoms with Crippen LogP contribution in [0.4, 0.5) is 0 Å². The fourth-order valence-electron chi connectivity index (χ4n) is 2.13. The zero-order valence-electron chi connectivity index (χ0n) is 12.0.